The zero-order chi connectivity index (χ0) is 18.5. The van der Waals surface area contributed by atoms with Crippen LogP contribution in [0.2, 0.25) is 0 Å². The van der Waals surface area contributed by atoms with E-state index in [2.05, 4.69) is 48.3 Å². The molecule has 0 aliphatic carbocycles. The van der Waals surface area contributed by atoms with Gasteiger partial charge in [0.05, 0.1) is 0 Å². The average Bonchev–Trinajstić information content (AvgIpc) is 2.67. The number of ketones is 1. The van der Waals surface area contributed by atoms with Crippen molar-refractivity contribution in [3.63, 3.8) is 0 Å². The third-order valence-corrected chi connectivity index (χ3v) is 4.18. The third-order valence-electron chi connectivity index (χ3n) is 4.18. The number of carbonyl (C=O) groups excluding carboxylic acids is 1. The largest absolute Gasteiger partial charge is 0.371 e. The highest BCUT2D eigenvalue weighted by Crippen LogP contribution is 2.28. The van der Waals surface area contributed by atoms with E-state index in [-0.39, 0.29) is 5.78 Å². The van der Waals surface area contributed by atoms with Crippen molar-refractivity contribution in [1.82, 2.24) is 25.4 Å². The molecular weight excluding hydrogens is 334 g/mol. The molecule has 4 N–H and O–H groups in total. The molecule has 0 saturated carbocycles. The fraction of sp³-hybridized carbons (Fsp3) is 0.562. The van der Waals surface area contributed by atoms with Gasteiger partial charge in [0.1, 0.15) is 16.8 Å². The lowest BCUT2D eigenvalue weighted by Gasteiger charge is -2.26. The molecule has 1 saturated heterocycles. The number of nitrogens with one attached hydrogen (secondary N) is 4. The number of carbonyl (C=O) groups is 1. The van der Waals surface area contributed by atoms with Gasteiger partial charge in [-0.15, -0.1) is 0 Å². The third kappa shape index (κ3) is 3.74. The molecule has 1 aliphatic heterocycles. The van der Waals surface area contributed by atoms with Crippen LogP contribution in [-0.4, -0.2) is 59.4 Å². The molecule has 1 fully saturated rings. The van der Waals surface area contributed by atoms with Crippen LogP contribution in [0.5, 0.6) is 0 Å². The summed E-state index contributed by atoms with van der Waals surface area (Å²) < 4.78 is 0. The molecule has 0 atom stereocenters. The average molecular weight is 359 g/mol. The smallest absolute Gasteiger partial charge is 0.240 e. The van der Waals surface area contributed by atoms with Crippen LogP contribution in [0.15, 0.2) is 0 Å². The zero-order valence-electron chi connectivity index (χ0n) is 15.4. The van der Waals surface area contributed by atoms with E-state index in [0.717, 1.165) is 13.0 Å². The van der Waals surface area contributed by atoms with Gasteiger partial charge in [0.2, 0.25) is 11.9 Å². The van der Waals surface area contributed by atoms with Crippen molar-refractivity contribution in [1.29, 1.82) is 0 Å². The Morgan fingerprint density at radius 2 is 1.62 bits per heavy atom. The highest BCUT2D eigenvalue weighted by molar-refractivity contribution is 5.94. The number of aromatic nitrogens is 4. The molecule has 0 bridgehead atoms. The maximum atomic E-state index is 11.5. The van der Waals surface area contributed by atoms with Gasteiger partial charge in [-0.05, 0) is 6.42 Å². The molecule has 2 aromatic heterocycles. The van der Waals surface area contributed by atoms with E-state index in [0.29, 0.717) is 60.5 Å². The Morgan fingerprint density at radius 3 is 2.27 bits per heavy atom. The fourth-order valence-electron chi connectivity index (χ4n) is 2.77. The first-order valence-corrected chi connectivity index (χ1v) is 8.87. The summed E-state index contributed by atoms with van der Waals surface area (Å²) in [6.45, 7) is 4.14. The number of hydrogen-bond acceptors (Lipinski definition) is 10. The Kier molecular flexibility index (Phi) is 5.61. The van der Waals surface area contributed by atoms with Crippen LogP contribution in [0.4, 0.5) is 23.5 Å². The molecule has 0 spiro atoms. The van der Waals surface area contributed by atoms with E-state index in [9.17, 15) is 4.79 Å². The summed E-state index contributed by atoms with van der Waals surface area (Å²) in [4.78, 5) is 31.8. The first kappa shape index (κ1) is 18.1. The number of piperidine rings is 1. The SMILES string of the molecule is CCCNNc1nc(NC)c2nc(N3CCC(=O)CC3)nc(NC)c2n1. The van der Waals surface area contributed by atoms with E-state index in [1.54, 1.807) is 14.1 Å². The fourth-order valence-corrected chi connectivity index (χ4v) is 2.77. The van der Waals surface area contributed by atoms with E-state index in [4.69, 9.17) is 0 Å². The van der Waals surface area contributed by atoms with Crippen molar-refractivity contribution in [3.8, 4) is 0 Å². The normalized spacial score (nSPS) is 14.6. The van der Waals surface area contributed by atoms with Gasteiger partial charge < -0.3 is 15.5 Å². The highest BCUT2D eigenvalue weighted by atomic mass is 16.1. The van der Waals surface area contributed by atoms with Gasteiger partial charge in [-0.1, -0.05) is 6.92 Å². The lowest BCUT2D eigenvalue weighted by Crippen LogP contribution is -2.35. The van der Waals surface area contributed by atoms with Crippen molar-refractivity contribution >= 4 is 40.3 Å². The second-order valence-corrected chi connectivity index (χ2v) is 6.04. The Labute approximate surface area is 152 Å². The van der Waals surface area contributed by atoms with Crippen LogP contribution in [0.25, 0.3) is 11.0 Å². The number of anilines is 4. The monoisotopic (exact) mass is 359 g/mol. The van der Waals surface area contributed by atoms with Crippen LogP contribution in [-0.2, 0) is 4.79 Å². The number of hydrogen-bond donors (Lipinski definition) is 4. The molecule has 10 heteroatoms. The quantitative estimate of drug-likeness (QED) is 0.421. The number of fused-ring (bicyclic) bond motifs is 1. The van der Waals surface area contributed by atoms with E-state index < -0.39 is 0 Å². The molecule has 10 nitrogen and oxygen atoms in total. The molecule has 0 aromatic carbocycles. The van der Waals surface area contributed by atoms with Crippen LogP contribution in [0.1, 0.15) is 26.2 Å². The first-order chi connectivity index (χ1) is 12.7. The zero-order valence-corrected chi connectivity index (χ0v) is 15.4. The molecule has 2 aromatic rings. The lowest BCUT2D eigenvalue weighted by molar-refractivity contribution is -0.119. The summed E-state index contributed by atoms with van der Waals surface area (Å²) in [5, 5.41) is 6.17. The first-order valence-electron chi connectivity index (χ1n) is 8.87. The second-order valence-electron chi connectivity index (χ2n) is 6.04. The van der Waals surface area contributed by atoms with Crippen LogP contribution in [0, 0.1) is 0 Å². The number of Topliss-reactive ketones (excluding diaryl/α,β-unsaturated/α-hetero) is 1. The Morgan fingerprint density at radius 1 is 0.962 bits per heavy atom. The molecule has 0 unspecified atom stereocenters. The van der Waals surface area contributed by atoms with Crippen LogP contribution < -0.4 is 26.4 Å². The molecule has 3 rings (SSSR count). The van der Waals surface area contributed by atoms with Crippen molar-refractivity contribution in [2.45, 2.75) is 26.2 Å². The van der Waals surface area contributed by atoms with Crippen molar-refractivity contribution in [2.75, 3.05) is 54.7 Å². The predicted molar refractivity (Wildman–Crippen MR) is 103 cm³/mol. The Balaban J connectivity index is 2.01. The van der Waals surface area contributed by atoms with E-state index in [1.165, 1.54) is 0 Å². The summed E-state index contributed by atoms with van der Waals surface area (Å²) in [5.74, 6) is 2.56. The topological polar surface area (TPSA) is 120 Å². The second kappa shape index (κ2) is 8.09. The summed E-state index contributed by atoms with van der Waals surface area (Å²) in [6, 6.07) is 0. The highest BCUT2D eigenvalue weighted by Gasteiger charge is 2.22. The summed E-state index contributed by atoms with van der Waals surface area (Å²) in [6.07, 6.45) is 2.04. The van der Waals surface area contributed by atoms with Crippen molar-refractivity contribution in [3.05, 3.63) is 0 Å². The van der Waals surface area contributed by atoms with Crippen molar-refractivity contribution in [2.24, 2.45) is 0 Å². The van der Waals surface area contributed by atoms with Gasteiger partial charge in [0.15, 0.2) is 11.6 Å². The van der Waals surface area contributed by atoms with Gasteiger partial charge in [0, 0.05) is 46.6 Å². The Bertz CT molecular complexity index is 785. The van der Waals surface area contributed by atoms with Gasteiger partial charge in [-0.2, -0.15) is 9.97 Å². The molecule has 0 amide bonds. The molecule has 140 valence electrons. The maximum absolute atomic E-state index is 11.5. The molecule has 26 heavy (non-hydrogen) atoms. The number of nitrogens with zero attached hydrogens (tertiary/aromatic N) is 5. The number of rotatable bonds is 7. The van der Waals surface area contributed by atoms with Gasteiger partial charge in [0.25, 0.3) is 0 Å². The van der Waals surface area contributed by atoms with Crippen LogP contribution in [0.3, 0.4) is 0 Å². The summed E-state index contributed by atoms with van der Waals surface area (Å²) >= 11 is 0. The Hall–Kier alpha value is -2.75. The van der Waals surface area contributed by atoms with Gasteiger partial charge >= 0.3 is 0 Å². The van der Waals surface area contributed by atoms with Gasteiger partial charge in [-0.25, -0.2) is 15.4 Å². The van der Waals surface area contributed by atoms with E-state index >= 15 is 0 Å². The number of hydrazine groups is 1. The molecule has 3 heterocycles. The minimum atomic E-state index is 0.283. The summed E-state index contributed by atoms with van der Waals surface area (Å²) in [5.41, 5.74) is 7.34. The molecule has 1 aliphatic rings. The molecule has 0 radical (unpaired) electrons. The minimum Gasteiger partial charge on any atom is -0.371 e. The van der Waals surface area contributed by atoms with Crippen molar-refractivity contribution < 1.29 is 4.79 Å². The lowest BCUT2D eigenvalue weighted by atomic mass is 10.1. The minimum absolute atomic E-state index is 0.283. The van der Waals surface area contributed by atoms with Crippen LogP contribution >= 0.6 is 0 Å². The standard InChI is InChI=1S/C16H25N9O/c1-4-7-19-24-15-20-11-12(13(17-2)22-15)21-16(23-14(11)18-3)25-8-5-10(26)6-9-25/h19H,4-9H2,1-3H3,(H,18,21,23)(H2,17,20,22,24). The van der Waals surface area contributed by atoms with E-state index in [1.807, 2.05) is 4.90 Å². The maximum Gasteiger partial charge on any atom is 0.240 e. The molecular formula is C16H25N9O. The predicted octanol–water partition coefficient (Wildman–Crippen LogP) is 0.999. The van der Waals surface area contributed by atoms with Gasteiger partial charge in [-0.3, -0.25) is 10.2 Å². The summed E-state index contributed by atoms with van der Waals surface area (Å²) in [7, 11) is 3.60.